The average molecular weight is 524 g/mol. The van der Waals surface area contributed by atoms with Crippen molar-refractivity contribution in [3.8, 4) is 11.3 Å². The third-order valence-electron chi connectivity index (χ3n) is 5.17. The smallest absolute Gasteiger partial charge is 0.263 e. The molecule has 0 fully saturated rings. The Labute approximate surface area is 205 Å². The van der Waals surface area contributed by atoms with Crippen molar-refractivity contribution < 1.29 is 17.9 Å². The molecule has 178 valence electrons. The van der Waals surface area contributed by atoms with Crippen LogP contribution in [0.25, 0.3) is 16.8 Å². The van der Waals surface area contributed by atoms with Crippen LogP contribution >= 0.6 is 23.2 Å². The Morgan fingerprint density at radius 3 is 2.74 bits per heavy atom. The maximum atomic E-state index is 15.6. The molecule has 0 aliphatic rings. The summed E-state index contributed by atoms with van der Waals surface area (Å²) in [4.78, 5) is 8.27. The van der Waals surface area contributed by atoms with Crippen molar-refractivity contribution in [2.75, 3.05) is 10.5 Å². The number of nitrogens with one attached hydrogen (secondary N) is 1. The van der Waals surface area contributed by atoms with E-state index in [0.29, 0.717) is 17.8 Å². The number of nitrogens with zero attached hydrogens (tertiary/aromatic N) is 3. The third-order valence-corrected chi connectivity index (χ3v) is 7.33. The van der Waals surface area contributed by atoms with Crippen molar-refractivity contribution in [3.63, 3.8) is 0 Å². The fraction of sp³-hybridized carbons (Fsp3) is 0.182. The summed E-state index contributed by atoms with van der Waals surface area (Å²) in [6.45, 7) is 1.47. The molecule has 0 saturated heterocycles. The summed E-state index contributed by atoms with van der Waals surface area (Å²) in [6.07, 6.45) is 4.65. The second-order valence-electron chi connectivity index (χ2n) is 7.47. The first-order valence-corrected chi connectivity index (χ1v) is 12.4. The molecule has 12 heteroatoms. The quantitative estimate of drug-likeness (QED) is 0.323. The molecule has 4 rings (SSSR count). The van der Waals surface area contributed by atoms with Crippen LogP contribution in [0.2, 0.25) is 10.0 Å². The Kier molecular flexibility index (Phi) is 6.68. The van der Waals surface area contributed by atoms with Gasteiger partial charge in [-0.3, -0.25) is 9.12 Å². The number of nitrogen functional groups attached to an aromatic ring is 1. The number of rotatable bonds is 7. The highest BCUT2D eigenvalue weighted by molar-refractivity contribution is 7.92. The molecule has 0 aliphatic carbocycles. The van der Waals surface area contributed by atoms with Crippen LogP contribution in [0.4, 0.5) is 15.9 Å². The molecule has 4 N–H and O–H groups in total. The Bertz CT molecular complexity index is 1510. The van der Waals surface area contributed by atoms with Crippen LogP contribution in [0.5, 0.6) is 0 Å². The molecule has 34 heavy (non-hydrogen) atoms. The molecular formula is C22H20Cl2FN5O3S. The van der Waals surface area contributed by atoms with Crippen LogP contribution in [0, 0.1) is 5.82 Å². The number of aliphatic hydroxyl groups excluding tert-OH is 1. The van der Waals surface area contributed by atoms with Crippen molar-refractivity contribution in [3.05, 3.63) is 70.0 Å². The van der Waals surface area contributed by atoms with Crippen molar-refractivity contribution in [1.29, 1.82) is 0 Å². The van der Waals surface area contributed by atoms with E-state index in [-0.39, 0.29) is 43.3 Å². The minimum atomic E-state index is -4.35. The molecule has 4 aromatic rings. The number of imidazole rings is 1. The second-order valence-corrected chi connectivity index (χ2v) is 9.93. The van der Waals surface area contributed by atoms with Crippen LogP contribution in [0.15, 0.2) is 47.6 Å². The number of anilines is 2. The van der Waals surface area contributed by atoms with Crippen molar-refractivity contribution in [2.45, 2.75) is 31.3 Å². The molecule has 2 aromatic heterocycles. The van der Waals surface area contributed by atoms with E-state index in [9.17, 15) is 13.5 Å². The van der Waals surface area contributed by atoms with E-state index < -0.39 is 22.4 Å². The van der Waals surface area contributed by atoms with Crippen molar-refractivity contribution in [2.24, 2.45) is 0 Å². The lowest BCUT2D eigenvalue weighted by Crippen LogP contribution is -2.15. The van der Waals surface area contributed by atoms with Gasteiger partial charge in [0.2, 0.25) is 0 Å². The number of benzene rings is 2. The third kappa shape index (κ3) is 4.29. The molecule has 2 aromatic carbocycles. The highest BCUT2D eigenvalue weighted by Crippen LogP contribution is 2.35. The van der Waals surface area contributed by atoms with E-state index in [1.807, 2.05) is 6.92 Å². The molecule has 8 nitrogen and oxygen atoms in total. The van der Waals surface area contributed by atoms with Crippen LogP contribution in [0.3, 0.4) is 0 Å². The minimum absolute atomic E-state index is 0.0491. The van der Waals surface area contributed by atoms with E-state index in [4.69, 9.17) is 28.9 Å². The predicted molar refractivity (Wildman–Crippen MR) is 130 cm³/mol. The maximum Gasteiger partial charge on any atom is 0.263 e. The van der Waals surface area contributed by atoms with Gasteiger partial charge in [-0.2, -0.15) is 0 Å². The van der Waals surface area contributed by atoms with Gasteiger partial charge in [0.05, 0.1) is 17.3 Å². The highest BCUT2D eigenvalue weighted by atomic mass is 35.5. The van der Waals surface area contributed by atoms with Gasteiger partial charge in [0.25, 0.3) is 10.0 Å². The molecule has 0 bridgehead atoms. The minimum Gasteiger partial charge on any atom is -0.392 e. The fourth-order valence-electron chi connectivity index (χ4n) is 3.64. The van der Waals surface area contributed by atoms with E-state index in [0.717, 1.165) is 12.5 Å². The number of sulfonamides is 1. The summed E-state index contributed by atoms with van der Waals surface area (Å²) in [5.41, 5.74) is 6.60. The summed E-state index contributed by atoms with van der Waals surface area (Å²) in [6, 6.07) is 6.72. The van der Waals surface area contributed by atoms with E-state index in [1.165, 1.54) is 30.5 Å². The number of hydrogen-bond donors (Lipinski definition) is 3. The molecule has 0 spiro atoms. The predicted octanol–water partition coefficient (Wildman–Crippen LogP) is 4.67. The average Bonchev–Trinajstić information content (AvgIpc) is 3.16. The largest absolute Gasteiger partial charge is 0.392 e. The van der Waals surface area contributed by atoms with Gasteiger partial charge in [-0.1, -0.05) is 36.2 Å². The summed E-state index contributed by atoms with van der Waals surface area (Å²) in [5, 5.41) is 9.28. The van der Waals surface area contributed by atoms with E-state index >= 15 is 4.39 Å². The van der Waals surface area contributed by atoms with Gasteiger partial charge in [-0.25, -0.2) is 22.8 Å². The van der Waals surface area contributed by atoms with Gasteiger partial charge < -0.3 is 10.8 Å². The Morgan fingerprint density at radius 1 is 1.26 bits per heavy atom. The molecule has 0 unspecified atom stereocenters. The standard InChI is InChI=1S/C22H20Cl2FN5O3S/c1-2-4-17-28-20(21-22(26)27-7-8-30(17)21)14-5-3-6-15(19(14)25)29-34(32,33)16-10-13(23)9-12(11-31)18(16)24/h3,5-10,29,31H,2,4,11H2,1H3,(H2,26,27). The fourth-order valence-corrected chi connectivity index (χ4v) is 5.62. The molecule has 0 saturated carbocycles. The zero-order valence-corrected chi connectivity index (χ0v) is 20.2. The molecule has 0 atom stereocenters. The molecular weight excluding hydrogens is 504 g/mol. The Hall–Kier alpha value is -2.92. The number of fused-ring (bicyclic) bond motifs is 1. The SMILES string of the molecule is CCCc1nc(-c2cccc(NS(=O)(=O)c3cc(Cl)cc(CO)c3Cl)c2F)c2c(N)nccn12. The second kappa shape index (κ2) is 9.38. The molecule has 0 amide bonds. The number of aryl methyl sites for hydroxylation is 1. The summed E-state index contributed by atoms with van der Waals surface area (Å²) in [5.74, 6) is -0.00730. The van der Waals surface area contributed by atoms with Gasteiger partial charge >= 0.3 is 0 Å². The normalized spacial score (nSPS) is 11.8. The topological polar surface area (TPSA) is 123 Å². The summed E-state index contributed by atoms with van der Waals surface area (Å²) in [7, 11) is -4.35. The number of halogens is 3. The lowest BCUT2D eigenvalue weighted by Gasteiger charge is -2.14. The van der Waals surface area contributed by atoms with E-state index in [1.54, 1.807) is 10.6 Å². The molecule has 0 aliphatic heterocycles. The zero-order valence-electron chi connectivity index (χ0n) is 17.9. The van der Waals surface area contributed by atoms with Crippen molar-refractivity contribution >= 4 is 50.2 Å². The van der Waals surface area contributed by atoms with Crippen LogP contribution in [-0.2, 0) is 23.1 Å². The van der Waals surface area contributed by atoms with Crippen LogP contribution in [0.1, 0.15) is 24.7 Å². The summed E-state index contributed by atoms with van der Waals surface area (Å²) >= 11 is 12.1. The summed E-state index contributed by atoms with van der Waals surface area (Å²) < 4.78 is 45.7. The molecule has 2 heterocycles. The van der Waals surface area contributed by atoms with Crippen LogP contribution in [-0.4, -0.2) is 27.9 Å². The van der Waals surface area contributed by atoms with Gasteiger partial charge in [0.15, 0.2) is 5.82 Å². The number of nitrogens with two attached hydrogens (primary N) is 1. The Balaban J connectivity index is 1.83. The molecule has 0 radical (unpaired) electrons. The van der Waals surface area contributed by atoms with Gasteiger partial charge in [0.1, 0.15) is 27.7 Å². The first kappa shape index (κ1) is 24.2. The lowest BCUT2D eigenvalue weighted by atomic mass is 10.1. The number of aliphatic hydroxyl groups is 1. The maximum absolute atomic E-state index is 15.6. The number of hydrogen-bond acceptors (Lipinski definition) is 6. The Morgan fingerprint density at radius 2 is 2.03 bits per heavy atom. The monoisotopic (exact) mass is 523 g/mol. The van der Waals surface area contributed by atoms with Crippen LogP contribution < -0.4 is 10.5 Å². The highest BCUT2D eigenvalue weighted by Gasteiger charge is 2.25. The first-order chi connectivity index (χ1) is 16.2. The lowest BCUT2D eigenvalue weighted by molar-refractivity contribution is 0.281. The van der Waals surface area contributed by atoms with E-state index in [2.05, 4.69) is 14.7 Å². The van der Waals surface area contributed by atoms with Gasteiger partial charge in [-0.15, -0.1) is 0 Å². The van der Waals surface area contributed by atoms with Crippen molar-refractivity contribution in [1.82, 2.24) is 14.4 Å². The van der Waals surface area contributed by atoms with Gasteiger partial charge in [-0.05, 0) is 36.2 Å². The first-order valence-electron chi connectivity index (χ1n) is 10.2. The zero-order chi connectivity index (χ0) is 24.6. The van der Waals surface area contributed by atoms with Gasteiger partial charge in [0, 0.05) is 29.4 Å². The number of aromatic nitrogens is 3.